The van der Waals surface area contributed by atoms with Gasteiger partial charge in [0.15, 0.2) is 35.6 Å². The molecule has 1 aliphatic carbocycles. The van der Waals surface area contributed by atoms with E-state index in [1.165, 1.54) is 14.2 Å². The highest BCUT2D eigenvalue weighted by Gasteiger charge is 2.56. The van der Waals surface area contributed by atoms with Crippen LogP contribution >= 0.6 is 0 Å². The van der Waals surface area contributed by atoms with Gasteiger partial charge in [0.1, 0.15) is 24.4 Å². The molecule has 0 spiro atoms. The standard InChI is InChI=1S/C37H38O14/c1-17-44-15-27-35(48-17)31(39)32(40)37(49-27)51-33-21-13-24-23(46-16-47-24)12-20(21)29(30-22(33)14-45-36(30)41)19-10-25(42-2)34(26(11-19)43-3)50-28(38)9-18-7-5-4-6-8-18/h4-8,10-13,17,22,27,29-33,35,37,39-40H,9,14-16H2,1-3H3/t17?,22?,27?,29-,30?,31?,32?,33?,35?,37?/m1/s1. The lowest BCUT2D eigenvalue weighted by atomic mass is 9.66. The van der Waals surface area contributed by atoms with Gasteiger partial charge in [-0.1, -0.05) is 30.3 Å². The fourth-order valence-electron chi connectivity index (χ4n) is 7.73. The number of ether oxygens (including phenoxy) is 10. The lowest BCUT2D eigenvalue weighted by Crippen LogP contribution is -2.63. The highest BCUT2D eigenvalue weighted by Crippen LogP contribution is 2.57. The molecule has 14 heteroatoms. The second kappa shape index (κ2) is 13.6. The second-order valence-electron chi connectivity index (χ2n) is 13.1. The minimum Gasteiger partial charge on any atom is -0.493 e. The molecule has 5 aliphatic rings. The number of rotatable bonds is 8. The maximum Gasteiger partial charge on any atom is 0.315 e. The summed E-state index contributed by atoms with van der Waals surface area (Å²) in [7, 11) is 2.90. The maximum atomic E-state index is 13.7. The van der Waals surface area contributed by atoms with Crippen molar-refractivity contribution in [2.45, 2.75) is 62.4 Å². The van der Waals surface area contributed by atoms with E-state index in [9.17, 15) is 19.8 Å². The van der Waals surface area contributed by atoms with Crippen LogP contribution in [0.15, 0.2) is 54.6 Å². The number of hydrogen-bond donors (Lipinski definition) is 2. The van der Waals surface area contributed by atoms with Crippen LogP contribution in [0.25, 0.3) is 0 Å². The van der Waals surface area contributed by atoms with E-state index in [2.05, 4.69) is 0 Å². The summed E-state index contributed by atoms with van der Waals surface area (Å²) in [5.74, 6) is -1.41. The van der Waals surface area contributed by atoms with Gasteiger partial charge in [-0.25, -0.2) is 0 Å². The summed E-state index contributed by atoms with van der Waals surface area (Å²) in [6.45, 7) is 1.85. The van der Waals surface area contributed by atoms with Gasteiger partial charge in [-0.15, -0.1) is 0 Å². The molecule has 8 rings (SSSR count). The fraction of sp³-hybridized carbons (Fsp3) is 0.459. The molecule has 3 saturated heterocycles. The SMILES string of the molecule is COc1cc([C@@H]2c3cc4c(cc3C(OC3OC5COC(C)OC5C(O)C3O)C3COC(=O)C32)OCO4)cc(OC)c1OC(=O)Cc1ccccc1. The van der Waals surface area contributed by atoms with Gasteiger partial charge in [0.25, 0.3) is 0 Å². The van der Waals surface area contributed by atoms with E-state index in [-0.39, 0.29) is 43.7 Å². The fourth-order valence-corrected chi connectivity index (χ4v) is 7.73. The van der Waals surface area contributed by atoms with Crippen LogP contribution in [0, 0.1) is 11.8 Å². The summed E-state index contributed by atoms with van der Waals surface area (Å²) in [5, 5.41) is 22.2. The first-order valence-electron chi connectivity index (χ1n) is 16.8. The van der Waals surface area contributed by atoms with E-state index in [1.54, 1.807) is 31.2 Å². The van der Waals surface area contributed by atoms with Gasteiger partial charge in [0.2, 0.25) is 12.5 Å². The number of hydrogen-bond acceptors (Lipinski definition) is 14. The molecule has 10 atom stereocenters. The first-order chi connectivity index (χ1) is 24.7. The van der Waals surface area contributed by atoms with E-state index in [1.807, 2.05) is 30.3 Å². The highest BCUT2D eigenvalue weighted by molar-refractivity contribution is 5.80. The molecule has 51 heavy (non-hydrogen) atoms. The number of fused-ring (bicyclic) bond motifs is 4. The summed E-state index contributed by atoms with van der Waals surface area (Å²) >= 11 is 0. The molecular formula is C37H38O14. The summed E-state index contributed by atoms with van der Waals surface area (Å²) in [5.41, 5.74) is 2.73. The third-order valence-electron chi connectivity index (χ3n) is 10.1. The van der Waals surface area contributed by atoms with Crippen molar-refractivity contribution in [1.82, 2.24) is 0 Å². The van der Waals surface area contributed by atoms with Crippen molar-refractivity contribution in [2.75, 3.05) is 34.2 Å². The van der Waals surface area contributed by atoms with E-state index < -0.39 is 72.8 Å². The molecule has 14 nitrogen and oxygen atoms in total. The predicted molar refractivity (Wildman–Crippen MR) is 172 cm³/mol. The van der Waals surface area contributed by atoms with Crippen molar-refractivity contribution >= 4 is 11.9 Å². The Bertz CT molecular complexity index is 1770. The molecule has 0 bridgehead atoms. The summed E-state index contributed by atoms with van der Waals surface area (Å²) < 4.78 is 58.4. The van der Waals surface area contributed by atoms with Crippen LogP contribution in [0.5, 0.6) is 28.7 Å². The van der Waals surface area contributed by atoms with Gasteiger partial charge in [-0.3, -0.25) is 9.59 Å². The topological polar surface area (TPSA) is 167 Å². The minimum absolute atomic E-state index is 0.00609. The largest absolute Gasteiger partial charge is 0.493 e. The Morgan fingerprint density at radius 2 is 1.59 bits per heavy atom. The molecule has 0 saturated carbocycles. The van der Waals surface area contributed by atoms with Gasteiger partial charge in [-0.2, -0.15) is 0 Å². The first-order valence-corrected chi connectivity index (χ1v) is 16.8. The molecule has 3 aromatic carbocycles. The number of esters is 2. The van der Waals surface area contributed by atoms with Crippen LogP contribution in [0.3, 0.4) is 0 Å². The highest BCUT2D eigenvalue weighted by atomic mass is 16.8. The number of methoxy groups -OCH3 is 2. The zero-order valence-corrected chi connectivity index (χ0v) is 28.1. The average molecular weight is 707 g/mol. The molecule has 3 aromatic rings. The first kappa shape index (κ1) is 33.7. The van der Waals surface area contributed by atoms with Crippen molar-refractivity contribution in [3.05, 3.63) is 76.9 Å². The molecule has 4 aliphatic heterocycles. The number of cyclic esters (lactones) is 1. The lowest BCUT2D eigenvalue weighted by molar-refractivity contribution is -0.364. The molecule has 0 amide bonds. The third kappa shape index (κ3) is 6.05. The van der Waals surface area contributed by atoms with Gasteiger partial charge >= 0.3 is 11.9 Å². The molecule has 3 fully saturated rings. The number of carbonyl (C=O) groups excluding carboxylic acids is 2. The van der Waals surface area contributed by atoms with E-state index >= 15 is 0 Å². The van der Waals surface area contributed by atoms with E-state index in [0.29, 0.717) is 28.2 Å². The number of carbonyl (C=O) groups is 2. The normalized spacial score (nSPS) is 31.9. The van der Waals surface area contributed by atoms with Crippen LogP contribution < -0.4 is 23.7 Å². The average Bonchev–Trinajstić information content (AvgIpc) is 3.76. The third-order valence-corrected chi connectivity index (χ3v) is 10.1. The summed E-state index contributed by atoms with van der Waals surface area (Å²) in [4.78, 5) is 26.7. The number of benzene rings is 3. The van der Waals surface area contributed by atoms with Crippen LogP contribution in [0.2, 0.25) is 0 Å². The molecule has 9 unspecified atom stereocenters. The Morgan fingerprint density at radius 1 is 0.882 bits per heavy atom. The van der Waals surface area contributed by atoms with E-state index in [0.717, 1.165) is 5.56 Å². The van der Waals surface area contributed by atoms with Crippen molar-refractivity contribution in [1.29, 1.82) is 0 Å². The number of aliphatic hydroxyl groups excluding tert-OH is 2. The zero-order chi connectivity index (χ0) is 35.4. The Morgan fingerprint density at radius 3 is 2.29 bits per heavy atom. The zero-order valence-electron chi connectivity index (χ0n) is 28.1. The summed E-state index contributed by atoms with van der Waals surface area (Å²) in [6, 6.07) is 16.2. The molecule has 270 valence electrons. The van der Waals surface area contributed by atoms with Crippen LogP contribution in [-0.2, 0) is 39.7 Å². The van der Waals surface area contributed by atoms with Gasteiger partial charge in [0, 0.05) is 11.8 Å². The predicted octanol–water partition coefficient (Wildman–Crippen LogP) is 2.78. The number of aliphatic hydroxyl groups is 2. The quantitative estimate of drug-likeness (QED) is 0.259. The minimum atomic E-state index is -1.46. The molecule has 0 aromatic heterocycles. The molecule has 0 radical (unpaired) electrons. The lowest BCUT2D eigenvalue weighted by Gasteiger charge is -2.47. The maximum absolute atomic E-state index is 13.7. The Labute approximate surface area is 292 Å². The van der Waals surface area contributed by atoms with Crippen molar-refractivity contribution in [3.63, 3.8) is 0 Å². The van der Waals surface area contributed by atoms with Crippen molar-refractivity contribution in [3.8, 4) is 28.7 Å². The Kier molecular flexibility index (Phi) is 8.98. The van der Waals surface area contributed by atoms with Crippen LogP contribution in [0.1, 0.15) is 41.2 Å². The summed E-state index contributed by atoms with van der Waals surface area (Å²) in [6.07, 6.45) is -6.95. The van der Waals surface area contributed by atoms with Crippen LogP contribution in [-0.4, -0.2) is 93.4 Å². The monoisotopic (exact) mass is 706 g/mol. The smallest absolute Gasteiger partial charge is 0.315 e. The van der Waals surface area contributed by atoms with Gasteiger partial charge < -0.3 is 57.6 Å². The van der Waals surface area contributed by atoms with Gasteiger partial charge in [0.05, 0.1) is 45.9 Å². The van der Waals surface area contributed by atoms with Gasteiger partial charge in [-0.05, 0) is 53.4 Å². The van der Waals surface area contributed by atoms with Crippen molar-refractivity contribution in [2.24, 2.45) is 11.8 Å². The van der Waals surface area contributed by atoms with E-state index in [4.69, 9.17) is 47.4 Å². The van der Waals surface area contributed by atoms with Crippen molar-refractivity contribution < 1.29 is 67.2 Å². The second-order valence-corrected chi connectivity index (χ2v) is 13.1. The Balaban J connectivity index is 1.17. The molecule has 2 N–H and O–H groups in total. The Hall–Kier alpha value is -4.44. The van der Waals surface area contributed by atoms with Crippen LogP contribution in [0.4, 0.5) is 0 Å². The molecule has 4 heterocycles. The molecular weight excluding hydrogens is 668 g/mol.